The molecule has 0 aromatic heterocycles. The summed E-state index contributed by atoms with van der Waals surface area (Å²) in [5.74, 6) is 0. The molecule has 0 aliphatic carbocycles. The highest BCUT2D eigenvalue weighted by Gasteiger charge is 1.95. The molecule has 6 heteroatoms. The zero-order valence-corrected chi connectivity index (χ0v) is 6.16. The predicted molar refractivity (Wildman–Crippen MR) is 33.0 cm³/mol. The first-order valence-electron chi connectivity index (χ1n) is 1.71. The van der Waals surface area contributed by atoms with Crippen LogP contribution in [0.3, 0.4) is 0 Å². The number of hydrogen-bond acceptors (Lipinski definition) is 4. The molecule has 0 spiro atoms. The van der Waals surface area contributed by atoms with Gasteiger partial charge in [-0.2, -0.15) is 0 Å². The van der Waals surface area contributed by atoms with E-state index in [9.17, 15) is 9.11 Å². The van der Waals surface area contributed by atoms with Crippen LogP contribution in [0.2, 0.25) is 0 Å². The van der Waals surface area contributed by atoms with Crippen molar-refractivity contribution in [3.8, 4) is 0 Å². The number of hydrogen-bond donors (Lipinski definition) is 0. The van der Waals surface area contributed by atoms with Gasteiger partial charge in [0, 0.05) is 0 Å². The van der Waals surface area contributed by atoms with Crippen LogP contribution in [-0.4, -0.2) is 21.6 Å². The van der Waals surface area contributed by atoms with Gasteiger partial charge in [-0.3, -0.25) is 0 Å². The molecule has 2 atom stereocenters. The molecule has 0 fully saturated rings. The maximum atomic E-state index is 10.1. The molecule has 0 heterocycles. The molecule has 48 valence electrons. The number of rotatable bonds is 2. The van der Waals surface area contributed by atoms with E-state index in [4.69, 9.17) is 0 Å². The minimum Gasteiger partial charge on any atom is -0.590 e. The van der Waals surface area contributed by atoms with Crippen molar-refractivity contribution in [1.82, 2.24) is 0 Å². The third kappa shape index (κ3) is 6.22. The second kappa shape index (κ2) is 4.13. The fraction of sp³-hybridized carbons (Fsp3) is 1.00. The van der Waals surface area contributed by atoms with Gasteiger partial charge in [0.25, 0.3) is 0 Å². The van der Waals surface area contributed by atoms with Crippen molar-refractivity contribution in [3.63, 3.8) is 0 Å². The van der Waals surface area contributed by atoms with Gasteiger partial charge in [-0.15, -0.1) is 0 Å². The van der Waals surface area contributed by atoms with E-state index in [0.717, 1.165) is 0 Å². The lowest BCUT2D eigenvalue weighted by Crippen LogP contribution is -1.92. The lowest BCUT2D eigenvalue weighted by atomic mass is 12.0. The molecule has 0 saturated heterocycles. The first-order valence-corrected chi connectivity index (χ1v) is 4.74. The molecule has 0 bridgehead atoms. The van der Waals surface area contributed by atoms with Crippen molar-refractivity contribution in [2.75, 3.05) is 12.5 Å². The molecule has 0 N–H and O–H groups in total. The van der Waals surface area contributed by atoms with E-state index in [1.807, 2.05) is 0 Å². The van der Waals surface area contributed by atoms with E-state index in [1.165, 1.54) is 12.5 Å². The predicted octanol–water partition coefficient (Wildman–Crippen LogP) is 0.0256. The van der Waals surface area contributed by atoms with Crippen LogP contribution in [0, 0.1) is 0 Å². The van der Waals surface area contributed by atoms with Gasteiger partial charge < -0.3 is 9.11 Å². The Kier molecular flexibility index (Phi) is 4.25. The van der Waals surface area contributed by atoms with Crippen LogP contribution in [0.5, 0.6) is 0 Å². The van der Waals surface area contributed by atoms with Gasteiger partial charge in [-0.1, -0.05) is 0 Å². The van der Waals surface area contributed by atoms with Crippen molar-refractivity contribution < 1.29 is 9.11 Å². The summed E-state index contributed by atoms with van der Waals surface area (Å²) in [6.07, 6.45) is 2.72. The summed E-state index contributed by atoms with van der Waals surface area (Å²) in [5, 5.41) is 0. The molecule has 0 saturated carbocycles. The Labute approximate surface area is 54.0 Å². The van der Waals surface area contributed by atoms with Gasteiger partial charge in [0.2, 0.25) is 0 Å². The van der Waals surface area contributed by atoms with Gasteiger partial charge in [0.15, 0.2) is 0 Å². The molecule has 1 unspecified atom stereocenters. The molecule has 0 aliphatic rings. The third-order valence-electron chi connectivity index (χ3n) is 0.263. The summed E-state index contributed by atoms with van der Waals surface area (Å²) < 4.78 is 26.4. The third-order valence-corrected chi connectivity index (χ3v) is 0.990. The zero-order chi connectivity index (χ0) is 6.57. The molecule has 0 aromatic rings. The summed E-state index contributed by atoms with van der Waals surface area (Å²) in [4.78, 5) is 0. The molecule has 8 heavy (non-hydrogen) atoms. The van der Waals surface area contributed by atoms with E-state index in [2.05, 4.69) is 9.04 Å². The van der Waals surface area contributed by atoms with Gasteiger partial charge in [-0.25, -0.2) is 0 Å². The Bertz CT molecular complexity index is 74.1. The Morgan fingerprint density at radius 2 is 1.25 bits per heavy atom. The van der Waals surface area contributed by atoms with E-state index < -0.39 is 22.7 Å². The van der Waals surface area contributed by atoms with Crippen LogP contribution in [0.25, 0.3) is 0 Å². The minimum absolute atomic E-state index is 1.32. The molecular weight excluding hydrogens is 148 g/mol. The Morgan fingerprint density at radius 3 is 1.38 bits per heavy atom. The molecule has 0 amide bonds. The summed E-state index contributed by atoms with van der Waals surface area (Å²) in [7, 11) is 0. The standard InChI is InChI=1S/C2H6N2O2S2/c1-7(5)3-4-8(2)6/h1-2H3/b4-3-/t7-,8?/m0/s1. The fourth-order valence-corrected chi connectivity index (χ4v) is 0.845. The topological polar surface area (TPSA) is 70.8 Å². The fourth-order valence-electron chi connectivity index (χ4n) is 0.0939. The van der Waals surface area contributed by atoms with Crippen LogP contribution in [0.15, 0.2) is 9.04 Å². The SMILES string of the molecule is C[S+]([O-])/N=N\[S@+](C)[O-]. The lowest BCUT2D eigenvalue weighted by Gasteiger charge is -1.91. The largest absolute Gasteiger partial charge is 0.590 e. The average Bonchev–Trinajstić information content (AvgIpc) is 1.61. The minimum atomic E-state index is -1.32. The lowest BCUT2D eigenvalue weighted by molar-refractivity contribution is 0.592. The zero-order valence-electron chi connectivity index (χ0n) is 4.53. The van der Waals surface area contributed by atoms with Gasteiger partial charge in [0.05, 0.1) is 9.04 Å². The average molecular weight is 154 g/mol. The molecule has 4 nitrogen and oxygen atoms in total. The van der Waals surface area contributed by atoms with Crippen molar-refractivity contribution in [3.05, 3.63) is 0 Å². The summed E-state index contributed by atoms with van der Waals surface area (Å²) in [5.41, 5.74) is 0. The monoisotopic (exact) mass is 154 g/mol. The van der Waals surface area contributed by atoms with Crippen molar-refractivity contribution >= 4 is 22.7 Å². The first-order chi connectivity index (χ1) is 3.63. The maximum Gasteiger partial charge on any atom is 0.125 e. The molecule has 0 rings (SSSR count). The van der Waals surface area contributed by atoms with Crippen LogP contribution in [0.4, 0.5) is 0 Å². The van der Waals surface area contributed by atoms with E-state index in [-0.39, 0.29) is 0 Å². The van der Waals surface area contributed by atoms with Gasteiger partial charge in [-0.05, 0) is 0 Å². The summed E-state index contributed by atoms with van der Waals surface area (Å²) >= 11 is -2.64. The van der Waals surface area contributed by atoms with Crippen molar-refractivity contribution in [1.29, 1.82) is 0 Å². The van der Waals surface area contributed by atoms with E-state index >= 15 is 0 Å². The second-order valence-corrected chi connectivity index (χ2v) is 3.03. The molecular formula is C2H6N2O2S2. The van der Waals surface area contributed by atoms with Gasteiger partial charge in [0.1, 0.15) is 35.2 Å². The molecule has 0 aromatic carbocycles. The van der Waals surface area contributed by atoms with Crippen LogP contribution in [-0.2, 0) is 22.7 Å². The molecule has 0 aliphatic heterocycles. The van der Waals surface area contributed by atoms with Gasteiger partial charge >= 0.3 is 0 Å². The van der Waals surface area contributed by atoms with Crippen LogP contribution >= 0.6 is 0 Å². The Balaban J connectivity index is 3.34. The molecule has 0 radical (unpaired) electrons. The highest BCUT2D eigenvalue weighted by atomic mass is 32.2. The second-order valence-electron chi connectivity index (χ2n) is 1.01. The quantitative estimate of drug-likeness (QED) is 0.415. The Hall–Kier alpha value is 0.220. The van der Waals surface area contributed by atoms with Crippen LogP contribution in [0.1, 0.15) is 0 Å². The highest BCUT2D eigenvalue weighted by Crippen LogP contribution is 1.91. The van der Waals surface area contributed by atoms with E-state index in [0.29, 0.717) is 0 Å². The normalized spacial score (nSPS) is 19.0. The first kappa shape index (κ1) is 8.22. The van der Waals surface area contributed by atoms with Crippen LogP contribution < -0.4 is 0 Å². The maximum absolute atomic E-state index is 10.1. The van der Waals surface area contributed by atoms with Crippen molar-refractivity contribution in [2.45, 2.75) is 0 Å². The smallest absolute Gasteiger partial charge is 0.125 e. The Morgan fingerprint density at radius 1 is 1.00 bits per heavy atom. The highest BCUT2D eigenvalue weighted by molar-refractivity contribution is 7.91. The van der Waals surface area contributed by atoms with E-state index in [1.54, 1.807) is 0 Å². The summed E-state index contributed by atoms with van der Waals surface area (Å²) in [6.45, 7) is 0. The summed E-state index contributed by atoms with van der Waals surface area (Å²) in [6, 6.07) is 0. The van der Waals surface area contributed by atoms with Crippen molar-refractivity contribution in [2.24, 2.45) is 9.04 Å². The number of nitrogens with zero attached hydrogens (tertiary/aromatic N) is 2.